The Morgan fingerprint density at radius 2 is 1.48 bits per heavy atom. The van der Waals surface area contributed by atoms with Crippen molar-refractivity contribution in [2.75, 3.05) is 13.2 Å². The number of hydrogen-bond donors (Lipinski definition) is 0. The Labute approximate surface area is 157 Å². The van der Waals surface area contributed by atoms with Crippen LogP contribution in [-0.4, -0.2) is 13.2 Å². The number of halogens is 1. The molecule has 0 amide bonds. The van der Waals surface area contributed by atoms with Gasteiger partial charge in [0.1, 0.15) is 0 Å². The van der Waals surface area contributed by atoms with Gasteiger partial charge in [0, 0.05) is 18.2 Å². The SMILES string of the molecule is CCOCCCC1CCC(c2ccc(-c3ccc(Cl)cc3)cc2)CC1. The molecule has 0 unspecified atom stereocenters. The maximum absolute atomic E-state index is 5.98. The molecule has 0 atom stereocenters. The first-order valence-corrected chi connectivity index (χ1v) is 10.1. The summed E-state index contributed by atoms with van der Waals surface area (Å²) in [6.07, 6.45) is 7.96. The van der Waals surface area contributed by atoms with Gasteiger partial charge in [-0.05, 0) is 86.1 Å². The monoisotopic (exact) mass is 356 g/mol. The quantitative estimate of drug-likeness (QED) is 0.481. The second-order valence-corrected chi connectivity index (χ2v) is 7.62. The highest BCUT2D eigenvalue weighted by molar-refractivity contribution is 6.30. The van der Waals surface area contributed by atoms with Crippen LogP contribution in [0.15, 0.2) is 48.5 Å². The topological polar surface area (TPSA) is 9.23 Å². The van der Waals surface area contributed by atoms with E-state index in [2.05, 4.69) is 43.3 Å². The van der Waals surface area contributed by atoms with E-state index < -0.39 is 0 Å². The Morgan fingerprint density at radius 1 is 0.880 bits per heavy atom. The van der Waals surface area contributed by atoms with Crippen molar-refractivity contribution in [3.8, 4) is 11.1 Å². The van der Waals surface area contributed by atoms with Gasteiger partial charge in [-0.15, -0.1) is 0 Å². The van der Waals surface area contributed by atoms with Crippen molar-refractivity contribution < 1.29 is 4.74 Å². The molecule has 0 aliphatic heterocycles. The molecule has 1 aliphatic carbocycles. The third kappa shape index (κ3) is 5.33. The van der Waals surface area contributed by atoms with Gasteiger partial charge in [0.15, 0.2) is 0 Å². The summed E-state index contributed by atoms with van der Waals surface area (Å²) < 4.78 is 5.46. The van der Waals surface area contributed by atoms with E-state index in [-0.39, 0.29) is 0 Å². The average Bonchev–Trinajstić information content (AvgIpc) is 2.67. The van der Waals surface area contributed by atoms with Crippen molar-refractivity contribution in [3.63, 3.8) is 0 Å². The van der Waals surface area contributed by atoms with Crippen molar-refractivity contribution in [3.05, 3.63) is 59.1 Å². The van der Waals surface area contributed by atoms with Crippen LogP contribution in [0.25, 0.3) is 11.1 Å². The van der Waals surface area contributed by atoms with Crippen molar-refractivity contribution in [2.45, 2.75) is 51.4 Å². The predicted octanol–water partition coefficient (Wildman–Crippen LogP) is 7.10. The Bertz CT molecular complexity index is 624. The lowest BCUT2D eigenvalue weighted by atomic mass is 9.77. The molecule has 0 saturated heterocycles. The molecule has 1 fully saturated rings. The van der Waals surface area contributed by atoms with Gasteiger partial charge >= 0.3 is 0 Å². The molecule has 0 heterocycles. The first-order valence-electron chi connectivity index (χ1n) is 9.70. The summed E-state index contributed by atoms with van der Waals surface area (Å²) in [6, 6.07) is 17.2. The van der Waals surface area contributed by atoms with Crippen LogP contribution in [0.3, 0.4) is 0 Å². The molecule has 0 bridgehead atoms. The molecular formula is C23H29ClO. The lowest BCUT2D eigenvalue weighted by Crippen LogP contribution is -2.14. The van der Waals surface area contributed by atoms with E-state index in [0.717, 1.165) is 30.1 Å². The predicted molar refractivity (Wildman–Crippen MR) is 107 cm³/mol. The zero-order valence-electron chi connectivity index (χ0n) is 15.2. The molecule has 0 N–H and O–H groups in total. The normalized spacial score (nSPS) is 20.6. The highest BCUT2D eigenvalue weighted by Gasteiger charge is 2.22. The van der Waals surface area contributed by atoms with E-state index in [1.165, 1.54) is 55.2 Å². The van der Waals surface area contributed by atoms with E-state index in [4.69, 9.17) is 16.3 Å². The van der Waals surface area contributed by atoms with Crippen molar-refractivity contribution >= 4 is 11.6 Å². The van der Waals surface area contributed by atoms with E-state index in [1.807, 2.05) is 12.1 Å². The van der Waals surface area contributed by atoms with Crippen LogP contribution in [0.1, 0.15) is 56.9 Å². The molecule has 1 aliphatic rings. The molecule has 3 rings (SSSR count). The first kappa shape index (κ1) is 18.5. The number of ether oxygens (including phenoxy) is 1. The summed E-state index contributed by atoms with van der Waals surface area (Å²) >= 11 is 5.98. The summed E-state index contributed by atoms with van der Waals surface area (Å²) in [6.45, 7) is 3.85. The molecule has 2 aromatic rings. The standard InChI is InChI=1S/C23H29ClO/c1-2-25-17-3-4-18-5-7-19(8-6-18)20-9-11-21(12-10-20)22-13-15-23(24)16-14-22/h9-16,18-19H,2-8,17H2,1H3. The summed E-state index contributed by atoms with van der Waals surface area (Å²) in [4.78, 5) is 0. The number of rotatable bonds is 7. The molecule has 0 spiro atoms. The second kappa shape index (κ2) is 9.40. The minimum absolute atomic E-state index is 0.738. The van der Waals surface area contributed by atoms with Crippen LogP contribution in [0, 0.1) is 5.92 Å². The largest absolute Gasteiger partial charge is 0.382 e. The van der Waals surface area contributed by atoms with Crippen LogP contribution < -0.4 is 0 Å². The molecule has 1 saturated carbocycles. The maximum Gasteiger partial charge on any atom is 0.0465 e. The van der Waals surface area contributed by atoms with Gasteiger partial charge < -0.3 is 4.74 Å². The third-order valence-corrected chi connectivity index (χ3v) is 5.76. The fourth-order valence-electron chi connectivity index (χ4n) is 3.99. The van der Waals surface area contributed by atoms with Crippen LogP contribution in [0.4, 0.5) is 0 Å². The summed E-state index contributed by atoms with van der Waals surface area (Å²) in [5.74, 6) is 1.65. The van der Waals surface area contributed by atoms with Gasteiger partial charge in [0.05, 0.1) is 0 Å². The van der Waals surface area contributed by atoms with Gasteiger partial charge in [-0.2, -0.15) is 0 Å². The van der Waals surface area contributed by atoms with Crippen LogP contribution in [-0.2, 0) is 4.74 Å². The van der Waals surface area contributed by atoms with E-state index in [1.54, 1.807) is 0 Å². The number of hydrogen-bond acceptors (Lipinski definition) is 1. The van der Waals surface area contributed by atoms with Crippen LogP contribution >= 0.6 is 11.6 Å². The van der Waals surface area contributed by atoms with Gasteiger partial charge in [0.25, 0.3) is 0 Å². The van der Waals surface area contributed by atoms with Gasteiger partial charge in [-0.3, -0.25) is 0 Å². The molecular weight excluding hydrogens is 328 g/mol. The zero-order valence-corrected chi connectivity index (χ0v) is 16.0. The zero-order chi connectivity index (χ0) is 17.5. The highest BCUT2D eigenvalue weighted by Crippen LogP contribution is 2.38. The molecule has 0 aromatic heterocycles. The summed E-state index contributed by atoms with van der Waals surface area (Å²) in [7, 11) is 0. The molecule has 25 heavy (non-hydrogen) atoms. The van der Waals surface area contributed by atoms with Crippen molar-refractivity contribution in [1.82, 2.24) is 0 Å². The fourth-order valence-corrected chi connectivity index (χ4v) is 4.12. The van der Waals surface area contributed by atoms with Crippen LogP contribution in [0.2, 0.25) is 5.02 Å². The van der Waals surface area contributed by atoms with Gasteiger partial charge in [-0.1, -0.05) is 48.0 Å². The Kier molecular flexibility index (Phi) is 6.95. The van der Waals surface area contributed by atoms with Gasteiger partial charge in [-0.25, -0.2) is 0 Å². The number of benzene rings is 2. The summed E-state index contributed by atoms with van der Waals surface area (Å²) in [5.41, 5.74) is 4.00. The molecule has 1 nitrogen and oxygen atoms in total. The average molecular weight is 357 g/mol. The minimum atomic E-state index is 0.738. The molecule has 2 aromatic carbocycles. The van der Waals surface area contributed by atoms with E-state index >= 15 is 0 Å². The third-order valence-electron chi connectivity index (χ3n) is 5.51. The lowest BCUT2D eigenvalue weighted by Gasteiger charge is -2.29. The first-order chi connectivity index (χ1) is 12.3. The minimum Gasteiger partial charge on any atom is -0.382 e. The van der Waals surface area contributed by atoms with Crippen molar-refractivity contribution in [1.29, 1.82) is 0 Å². The van der Waals surface area contributed by atoms with Gasteiger partial charge in [0.2, 0.25) is 0 Å². The fraction of sp³-hybridized carbons (Fsp3) is 0.478. The Balaban J connectivity index is 1.51. The Morgan fingerprint density at radius 3 is 2.08 bits per heavy atom. The lowest BCUT2D eigenvalue weighted by molar-refractivity contribution is 0.136. The van der Waals surface area contributed by atoms with Crippen molar-refractivity contribution in [2.24, 2.45) is 5.92 Å². The smallest absolute Gasteiger partial charge is 0.0465 e. The summed E-state index contributed by atoms with van der Waals surface area (Å²) in [5, 5.41) is 0.790. The van der Waals surface area contributed by atoms with E-state index in [9.17, 15) is 0 Å². The van der Waals surface area contributed by atoms with Crippen LogP contribution in [0.5, 0.6) is 0 Å². The van der Waals surface area contributed by atoms with E-state index in [0.29, 0.717) is 0 Å². The maximum atomic E-state index is 5.98. The highest BCUT2D eigenvalue weighted by atomic mass is 35.5. The Hall–Kier alpha value is -1.31. The molecule has 134 valence electrons. The molecule has 2 heteroatoms. The molecule has 0 radical (unpaired) electrons. The second-order valence-electron chi connectivity index (χ2n) is 7.19.